The van der Waals surface area contributed by atoms with Crippen molar-refractivity contribution >= 4 is 23.6 Å². The van der Waals surface area contributed by atoms with E-state index in [1.807, 2.05) is 16.7 Å². The summed E-state index contributed by atoms with van der Waals surface area (Å²) < 4.78 is 0. The van der Waals surface area contributed by atoms with Crippen molar-refractivity contribution in [3.63, 3.8) is 0 Å². The fraction of sp³-hybridized carbons (Fsp3) is 0.895. The van der Waals surface area contributed by atoms with E-state index in [1.165, 1.54) is 24.6 Å². The highest BCUT2D eigenvalue weighted by Crippen LogP contribution is 2.25. The van der Waals surface area contributed by atoms with Gasteiger partial charge in [-0.15, -0.1) is 0 Å². The molecule has 3 saturated heterocycles. The van der Waals surface area contributed by atoms with Gasteiger partial charge in [-0.05, 0) is 31.1 Å². The lowest BCUT2D eigenvalue weighted by atomic mass is 9.96. The minimum atomic E-state index is 0.145. The van der Waals surface area contributed by atoms with Crippen LogP contribution in [-0.2, 0) is 9.59 Å². The fourth-order valence-electron chi connectivity index (χ4n) is 4.52. The second-order valence-electron chi connectivity index (χ2n) is 8.23. The third-order valence-corrected chi connectivity index (χ3v) is 6.75. The Morgan fingerprint density at radius 1 is 1.16 bits per heavy atom. The van der Waals surface area contributed by atoms with Gasteiger partial charge in [0.25, 0.3) is 0 Å². The molecular formula is C19H33N3O2S. The molecule has 3 aliphatic heterocycles. The molecule has 0 aliphatic carbocycles. The summed E-state index contributed by atoms with van der Waals surface area (Å²) in [6, 6.07) is 0.647. The van der Waals surface area contributed by atoms with Gasteiger partial charge >= 0.3 is 0 Å². The molecular weight excluding hydrogens is 334 g/mol. The van der Waals surface area contributed by atoms with Crippen LogP contribution in [0.5, 0.6) is 0 Å². The van der Waals surface area contributed by atoms with Crippen LogP contribution in [0.3, 0.4) is 0 Å². The molecule has 3 heterocycles. The number of rotatable bonds is 5. The topological polar surface area (TPSA) is 43.9 Å². The van der Waals surface area contributed by atoms with E-state index in [9.17, 15) is 9.59 Å². The number of hydrogen-bond donors (Lipinski definition) is 0. The zero-order valence-corrected chi connectivity index (χ0v) is 16.6. The van der Waals surface area contributed by atoms with Crippen LogP contribution in [0.25, 0.3) is 0 Å². The van der Waals surface area contributed by atoms with E-state index in [2.05, 4.69) is 18.7 Å². The van der Waals surface area contributed by atoms with Crippen molar-refractivity contribution in [1.29, 1.82) is 0 Å². The molecule has 3 fully saturated rings. The second-order valence-corrected chi connectivity index (χ2v) is 9.46. The zero-order valence-electron chi connectivity index (χ0n) is 15.8. The Kier molecular flexibility index (Phi) is 6.67. The monoisotopic (exact) mass is 367 g/mol. The first-order valence-corrected chi connectivity index (χ1v) is 11.1. The standard InChI is InChI=1S/C19H33N3O2S/c1-15(2)11-16-12-18(23)22(13-16)14-19(24)21-5-3-17(4-6-21)20-7-9-25-10-8-20/h15-17H,3-14H2,1-2H3. The van der Waals surface area contributed by atoms with Gasteiger partial charge in [0.1, 0.15) is 0 Å². The molecule has 25 heavy (non-hydrogen) atoms. The zero-order chi connectivity index (χ0) is 17.8. The lowest BCUT2D eigenvalue weighted by molar-refractivity contribution is -0.139. The lowest BCUT2D eigenvalue weighted by Crippen LogP contribution is -2.50. The smallest absolute Gasteiger partial charge is 0.242 e. The van der Waals surface area contributed by atoms with Crippen molar-refractivity contribution in [1.82, 2.24) is 14.7 Å². The largest absolute Gasteiger partial charge is 0.341 e. The number of nitrogens with zero attached hydrogens (tertiary/aromatic N) is 3. The Morgan fingerprint density at radius 2 is 1.84 bits per heavy atom. The highest BCUT2D eigenvalue weighted by molar-refractivity contribution is 7.99. The quantitative estimate of drug-likeness (QED) is 0.745. The van der Waals surface area contributed by atoms with Gasteiger partial charge in [-0.1, -0.05) is 13.8 Å². The third-order valence-electron chi connectivity index (χ3n) is 5.80. The van der Waals surface area contributed by atoms with Gasteiger partial charge in [0.05, 0.1) is 6.54 Å². The van der Waals surface area contributed by atoms with Crippen LogP contribution in [0, 0.1) is 11.8 Å². The summed E-state index contributed by atoms with van der Waals surface area (Å²) in [6.07, 6.45) is 3.87. The molecule has 3 rings (SSSR count). The summed E-state index contributed by atoms with van der Waals surface area (Å²) >= 11 is 2.05. The van der Waals surface area contributed by atoms with Gasteiger partial charge in [-0.25, -0.2) is 0 Å². The predicted molar refractivity (Wildman–Crippen MR) is 103 cm³/mol. The maximum Gasteiger partial charge on any atom is 0.242 e. The molecule has 0 bridgehead atoms. The molecule has 0 aromatic carbocycles. The second kappa shape index (κ2) is 8.76. The SMILES string of the molecule is CC(C)CC1CC(=O)N(CC(=O)N2CCC(N3CCSCC3)CC2)C1. The van der Waals surface area contributed by atoms with Crippen molar-refractivity contribution in [2.24, 2.45) is 11.8 Å². The molecule has 6 heteroatoms. The van der Waals surface area contributed by atoms with E-state index in [0.717, 1.165) is 38.9 Å². The number of carbonyl (C=O) groups is 2. The van der Waals surface area contributed by atoms with Crippen LogP contribution in [0.1, 0.15) is 39.5 Å². The number of likely N-dealkylation sites (tertiary alicyclic amines) is 2. The Balaban J connectivity index is 1.42. The van der Waals surface area contributed by atoms with E-state index in [-0.39, 0.29) is 11.8 Å². The Labute approximate surface area is 156 Å². The molecule has 5 nitrogen and oxygen atoms in total. The van der Waals surface area contributed by atoms with Gasteiger partial charge < -0.3 is 9.80 Å². The maximum absolute atomic E-state index is 12.6. The van der Waals surface area contributed by atoms with Gasteiger partial charge in [0.15, 0.2) is 0 Å². The Morgan fingerprint density at radius 3 is 2.48 bits per heavy atom. The average Bonchev–Trinajstić information content (AvgIpc) is 2.94. The molecule has 1 atom stereocenters. The predicted octanol–water partition coefficient (Wildman–Crippen LogP) is 1.92. The fourth-order valence-corrected chi connectivity index (χ4v) is 5.45. The van der Waals surface area contributed by atoms with Crippen LogP contribution in [-0.4, -0.2) is 83.3 Å². The van der Waals surface area contributed by atoms with E-state index in [0.29, 0.717) is 30.8 Å². The Hall–Kier alpha value is -0.750. The lowest BCUT2D eigenvalue weighted by Gasteiger charge is -2.40. The average molecular weight is 368 g/mol. The molecule has 0 saturated carbocycles. The number of carbonyl (C=O) groups excluding carboxylic acids is 2. The summed E-state index contributed by atoms with van der Waals surface area (Å²) in [6.45, 7) is 9.55. The van der Waals surface area contributed by atoms with Crippen LogP contribution < -0.4 is 0 Å². The number of hydrogen-bond acceptors (Lipinski definition) is 4. The first kappa shape index (κ1) is 19.0. The van der Waals surface area contributed by atoms with Crippen LogP contribution in [0.15, 0.2) is 0 Å². The molecule has 142 valence electrons. The summed E-state index contributed by atoms with van der Waals surface area (Å²) in [5.41, 5.74) is 0. The molecule has 0 spiro atoms. The first-order chi connectivity index (χ1) is 12.0. The molecule has 0 N–H and O–H groups in total. The van der Waals surface area contributed by atoms with Gasteiger partial charge in [-0.3, -0.25) is 14.5 Å². The summed E-state index contributed by atoms with van der Waals surface area (Å²) in [7, 11) is 0. The maximum atomic E-state index is 12.6. The number of amides is 2. The Bertz CT molecular complexity index is 471. The molecule has 2 amide bonds. The van der Waals surface area contributed by atoms with Gasteiger partial charge in [0.2, 0.25) is 11.8 Å². The molecule has 1 unspecified atom stereocenters. The minimum absolute atomic E-state index is 0.145. The van der Waals surface area contributed by atoms with Crippen molar-refractivity contribution in [3.05, 3.63) is 0 Å². The number of piperidine rings is 1. The summed E-state index contributed by atoms with van der Waals surface area (Å²) in [5, 5.41) is 0. The number of thioether (sulfide) groups is 1. The van der Waals surface area contributed by atoms with Crippen molar-refractivity contribution in [3.8, 4) is 0 Å². The summed E-state index contributed by atoms with van der Waals surface area (Å²) in [5.74, 6) is 3.84. The van der Waals surface area contributed by atoms with Crippen LogP contribution >= 0.6 is 11.8 Å². The van der Waals surface area contributed by atoms with Crippen LogP contribution in [0.4, 0.5) is 0 Å². The third kappa shape index (κ3) is 5.13. The molecule has 0 radical (unpaired) electrons. The van der Waals surface area contributed by atoms with E-state index in [4.69, 9.17) is 0 Å². The van der Waals surface area contributed by atoms with Gasteiger partial charge in [0, 0.05) is 56.7 Å². The first-order valence-electron chi connectivity index (χ1n) is 9.90. The minimum Gasteiger partial charge on any atom is -0.341 e. The molecule has 0 aromatic heterocycles. The van der Waals surface area contributed by atoms with E-state index < -0.39 is 0 Å². The van der Waals surface area contributed by atoms with Gasteiger partial charge in [-0.2, -0.15) is 11.8 Å². The van der Waals surface area contributed by atoms with E-state index >= 15 is 0 Å². The van der Waals surface area contributed by atoms with Crippen LogP contribution in [0.2, 0.25) is 0 Å². The highest BCUT2D eigenvalue weighted by atomic mass is 32.2. The normalized spacial score (nSPS) is 26.7. The highest BCUT2D eigenvalue weighted by Gasteiger charge is 2.33. The molecule has 0 aromatic rings. The molecule has 3 aliphatic rings. The van der Waals surface area contributed by atoms with Crippen molar-refractivity contribution in [2.75, 3.05) is 50.8 Å². The van der Waals surface area contributed by atoms with Crippen molar-refractivity contribution in [2.45, 2.75) is 45.6 Å². The van der Waals surface area contributed by atoms with Crippen molar-refractivity contribution < 1.29 is 9.59 Å². The summed E-state index contributed by atoms with van der Waals surface area (Å²) in [4.78, 5) is 31.2. The van der Waals surface area contributed by atoms with E-state index in [1.54, 1.807) is 4.90 Å².